The Balaban J connectivity index is 3.27. The van der Waals surface area contributed by atoms with Crippen molar-refractivity contribution in [3.63, 3.8) is 0 Å². The molecular formula is C23H49N2O2+. The number of rotatable bonds is 19. The van der Waals surface area contributed by atoms with Gasteiger partial charge in [0.1, 0.15) is 12.6 Å². The Kier molecular flexibility index (Phi) is 17.1. The second kappa shape index (κ2) is 17.5. The summed E-state index contributed by atoms with van der Waals surface area (Å²) in [5.41, 5.74) is 0. The highest BCUT2D eigenvalue weighted by Gasteiger charge is 2.18. The normalized spacial score (nSPS) is 12.9. The maximum Gasteiger partial charge on any atom is 0.222 e. The average Bonchev–Trinajstić information content (AvgIpc) is 2.56. The van der Waals surface area contributed by atoms with Gasteiger partial charge in [0.15, 0.2) is 0 Å². The first kappa shape index (κ1) is 26.4. The van der Waals surface area contributed by atoms with Crippen molar-refractivity contribution in [2.45, 2.75) is 109 Å². The van der Waals surface area contributed by atoms with Gasteiger partial charge < -0.3 is 14.9 Å². The van der Waals surface area contributed by atoms with Gasteiger partial charge in [-0.15, -0.1) is 0 Å². The first-order valence-corrected chi connectivity index (χ1v) is 11.6. The molecule has 4 nitrogen and oxygen atoms in total. The van der Waals surface area contributed by atoms with Gasteiger partial charge in [-0.25, -0.2) is 0 Å². The number of hydrogen-bond donors (Lipinski definition) is 2. The molecule has 0 spiro atoms. The van der Waals surface area contributed by atoms with E-state index < -0.39 is 6.10 Å². The van der Waals surface area contributed by atoms with Gasteiger partial charge in [0, 0.05) is 6.54 Å². The lowest BCUT2D eigenvalue weighted by atomic mass is 10.0. The predicted molar refractivity (Wildman–Crippen MR) is 117 cm³/mol. The van der Waals surface area contributed by atoms with E-state index in [1.54, 1.807) is 0 Å². The van der Waals surface area contributed by atoms with E-state index in [2.05, 4.69) is 12.2 Å². The molecule has 0 heterocycles. The summed E-state index contributed by atoms with van der Waals surface area (Å²) < 4.78 is 0.674. The minimum atomic E-state index is -0.554. The molecule has 0 aliphatic carbocycles. The van der Waals surface area contributed by atoms with Gasteiger partial charge >= 0.3 is 0 Å². The lowest BCUT2D eigenvalue weighted by Crippen LogP contribution is -2.43. The van der Waals surface area contributed by atoms with E-state index in [0.29, 0.717) is 11.0 Å². The number of aliphatic hydroxyl groups excluding tert-OH is 1. The van der Waals surface area contributed by atoms with Crippen molar-refractivity contribution >= 4 is 5.91 Å². The van der Waals surface area contributed by atoms with Gasteiger partial charge in [0.2, 0.25) is 5.91 Å². The van der Waals surface area contributed by atoms with E-state index >= 15 is 0 Å². The molecule has 0 saturated heterocycles. The average molecular weight is 386 g/mol. The Labute approximate surface area is 169 Å². The minimum Gasteiger partial charge on any atom is -0.387 e. The fraction of sp³-hybridized carbons (Fsp3) is 0.957. The van der Waals surface area contributed by atoms with Crippen LogP contribution in [0.5, 0.6) is 0 Å². The molecule has 0 aromatic carbocycles. The Bertz CT molecular complexity index is 340. The zero-order chi connectivity index (χ0) is 20.4. The molecule has 0 aliphatic heterocycles. The van der Waals surface area contributed by atoms with E-state index in [9.17, 15) is 9.90 Å². The van der Waals surface area contributed by atoms with Crippen LogP contribution in [0.3, 0.4) is 0 Å². The van der Waals surface area contributed by atoms with Crippen LogP contribution in [0.1, 0.15) is 103 Å². The molecule has 162 valence electrons. The third kappa shape index (κ3) is 21.5. The SMILES string of the molecule is CCCCCCCCCCCCCCCCNC(=O)CC(O)C[N+](C)(C)C. The molecule has 1 unspecified atom stereocenters. The molecule has 1 amide bonds. The third-order valence-corrected chi connectivity index (χ3v) is 5.03. The van der Waals surface area contributed by atoms with Gasteiger partial charge in [-0.1, -0.05) is 90.4 Å². The summed E-state index contributed by atoms with van der Waals surface area (Å²) in [6.45, 7) is 3.62. The quantitative estimate of drug-likeness (QED) is 0.242. The Morgan fingerprint density at radius 2 is 1.19 bits per heavy atom. The molecule has 0 saturated carbocycles. The van der Waals surface area contributed by atoms with Crippen LogP contribution >= 0.6 is 0 Å². The number of carbonyl (C=O) groups is 1. The number of quaternary nitrogens is 1. The zero-order valence-electron chi connectivity index (χ0n) is 18.9. The van der Waals surface area contributed by atoms with Gasteiger partial charge in [-0.2, -0.15) is 0 Å². The second-order valence-electron chi connectivity index (χ2n) is 9.28. The molecule has 27 heavy (non-hydrogen) atoms. The lowest BCUT2D eigenvalue weighted by Gasteiger charge is -2.26. The number of unbranched alkanes of at least 4 members (excludes halogenated alkanes) is 13. The molecule has 0 aromatic rings. The van der Waals surface area contributed by atoms with Crippen LogP contribution in [0.25, 0.3) is 0 Å². The molecule has 0 aromatic heterocycles. The molecule has 0 bridgehead atoms. The highest BCUT2D eigenvalue weighted by molar-refractivity contribution is 5.76. The Morgan fingerprint density at radius 3 is 1.59 bits per heavy atom. The van der Waals surface area contributed by atoms with Crippen LogP contribution in [0.2, 0.25) is 0 Å². The summed E-state index contributed by atoms with van der Waals surface area (Å²) >= 11 is 0. The zero-order valence-corrected chi connectivity index (χ0v) is 18.9. The van der Waals surface area contributed by atoms with Crippen molar-refractivity contribution < 1.29 is 14.4 Å². The van der Waals surface area contributed by atoms with Gasteiger partial charge in [0.05, 0.1) is 27.6 Å². The maximum absolute atomic E-state index is 11.8. The number of hydrogen-bond acceptors (Lipinski definition) is 2. The summed E-state index contributed by atoms with van der Waals surface area (Å²) in [5, 5.41) is 12.8. The van der Waals surface area contributed by atoms with Crippen LogP contribution < -0.4 is 5.32 Å². The number of nitrogens with zero attached hydrogens (tertiary/aromatic N) is 1. The van der Waals surface area contributed by atoms with E-state index in [0.717, 1.165) is 13.0 Å². The lowest BCUT2D eigenvalue weighted by molar-refractivity contribution is -0.873. The second-order valence-corrected chi connectivity index (χ2v) is 9.28. The Morgan fingerprint density at radius 1 is 0.778 bits per heavy atom. The van der Waals surface area contributed by atoms with Crippen molar-refractivity contribution in [3.8, 4) is 0 Å². The van der Waals surface area contributed by atoms with Crippen LogP contribution in [0.4, 0.5) is 0 Å². The number of aliphatic hydroxyl groups is 1. The van der Waals surface area contributed by atoms with Crippen LogP contribution in [0.15, 0.2) is 0 Å². The van der Waals surface area contributed by atoms with E-state index in [-0.39, 0.29) is 12.3 Å². The molecule has 4 heteroatoms. The van der Waals surface area contributed by atoms with E-state index in [1.165, 1.54) is 83.5 Å². The standard InChI is InChI=1S/C23H48N2O2/c1-5-6-7-8-9-10-11-12-13-14-15-16-17-18-19-24-23(27)20-22(26)21-25(2,3)4/h22,26H,5-21H2,1-4H3/p+1. The largest absolute Gasteiger partial charge is 0.387 e. The highest BCUT2D eigenvalue weighted by Crippen LogP contribution is 2.12. The smallest absolute Gasteiger partial charge is 0.222 e. The van der Waals surface area contributed by atoms with Crippen LogP contribution in [-0.2, 0) is 4.79 Å². The summed E-state index contributed by atoms with van der Waals surface area (Å²) in [6.07, 6.45) is 18.5. The first-order chi connectivity index (χ1) is 12.8. The van der Waals surface area contributed by atoms with Crippen LogP contribution in [-0.4, -0.2) is 55.8 Å². The van der Waals surface area contributed by atoms with Crippen molar-refractivity contribution in [1.82, 2.24) is 5.32 Å². The summed E-state index contributed by atoms with van der Waals surface area (Å²) in [5.74, 6) is -0.0226. The van der Waals surface area contributed by atoms with Crippen molar-refractivity contribution in [2.75, 3.05) is 34.2 Å². The third-order valence-electron chi connectivity index (χ3n) is 5.03. The van der Waals surface area contributed by atoms with Gasteiger partial charge in [-0.3, -0.25) is 4.79 Å². The first-order valence-electron chi connectivity index (χ1n) is 11.6. The highest BCUT2D eigenvalue weighted by atomic mass is 16.3. The van der Waals surface area contributed by atoms with Crippen molar-refractivity contribution in [1.29, 1.82) is 0 Å². The fourth-order valence-electron chi connectivity index (χ4n) is 3.53. The molecule has 2 N–H and O–H groups in total. The monoisotopic (exact) mass is 385 g/mol. The minimum absolute atomic E-state index is 0.0226. The molecular weight excluding hydrogens is 336 g/mol. The van der Waals surface area contributed by atoms with E-state index in [1.807, 2.05) is 21.1 Å². The summed E-state index contributed by atoms with van der Waals surface area (Å²) in [6, 6.07) is 0. The predicted octanol–water partition coefficient (Wildman–Crippen LogP) is 5.04. The number of nitrogens with one attached hydrogen (secondary N) is 1. The molecule has 1 atom stereocenters. The Hall–Kier alpha value is -0.610. The summed E-state index contributed by atoms with van der Waals surface area (Å²) in [4.78, 5) is 11.8. The van der Waals surface area contributed by atoms with Crippen LogP contribution in [0, 0.1) is 0 Å². The number of likely N-dealkylation sites (N-methyl/N-ethyl adjacent to an activating group) is 1. The number of amides is 1. The molecule has 0 fully saturated rings. The van der Waals surface area contributed by atoms with Gasteiger partial charge in [0.25, 0.3) is 0 Å². The number of carbonyl (C=O) groups excluding carboxylic acids is 1. The summed E-state index contributed by atoms with van der Waals surface area (Å²) in [7, 11) is 6.07. The maximum atomic E-state index is 11.8. The van der Waals surface area contributed by atoms with Crippen molar-refractivity contribution in [2.24, 2.45) is 0 Å². The van der Waals surface area contributed by atoms with E-state index in [4.69, 9.17) is 0 Å². The molecule has 0 rings (SSSR count). The van der Waals surface area contributed by atoms with Gasteiger partial charge in [-0.05, 0) is 6.42 Å². The van der Waals surface area contributed by atoms with Crippen molar-refractivity contribution in [3.05, 3.63) is 0 Å². The molecule has 0 aliphatic rings. The topological polar surface area (TPSA) is 49.3 Å². The fourth-order valence-corrected chi connectivity index (χ4v) is 3.53. The molecule has 0 radical (unpaired) electrons.